The van der Waals surface area contributed by atoms with Gasteiger partial charge in [0.2, 0.25) is 0 Å². The summed E-state index contributed by atoms with van der Waals surface area (Å²) < 4.78 is 11.1. The van der Waals surface area contributed by atoms with Gasteiger partial charge in [0.15, 0.2) is 0 Å². The predicted octanol–water partition coefficient (Wildman–Crippen LogP) is 4.38. The van der Waals surface area contributed by atoms with E-state index in [9.17, 15) is 30.0 Å². The average Bonchev–Trinajstić information content (AvgIpc) is 2.85. The molecular weight excluding hydrogens is 568 g/mol. The molecule has 1 aliphatic rings. The van der Waals surface area contributed by atoms with Crippen LogP contribution in [-0.2, 0) is 19.1 Å². The third-order valence-electron chi connectivity index (χ3n) is 7.37. The van der Waals surface area contributed by atoms with Crippen molar-refractivity contribution in [1.29, 1.82) is 0 Å². The fourth-order valence-electron chi connectivity index (χ4n) is 4.65. The van der Waals surface area contributed by atoms with Gasteiger partial charge in [0.05, 0.1) is 24.7 Å². The first-order valence-corrected chi connectivity index (χ1v) is 14.8. The molecule has 224 valence electrons. The van der Waals surface area contributed by atoms with Crippen molar-refractivity contribution in [3.05, 3.63) is 36.0 Å². The summed E-state index contributed by atoms with van der Waals surface area (Å²) in [7, 11) is 0. The predicted molar refractivity (Wildman–Crippen MR) is 155 cm³/mol. The van der Waals surface area contributed by atoms with E-state index in [-0.39, 0.29) is 41.8 Å². The van der Waals surface area contributed by atoms with Gasteiger partial charge in [0, 0.05) is 17.7 Å². The smallest absolute Gasteiger partial charge is 0.309 e. The van der Waals surface area contributed by atoms with Crippen LogP contribution in [0.5, 0.6) is 0 Å². The number of esters is 2. The fourth-order valence-corrected chi connectivity index (χ4v) is 5.21. The molecule has 0 amide bonds. The van der Waals surface area contributed by atoms with Gasteiger partial charge in [-0.2, -0.15) is 0 Å². The summed E-state index contributed by atoms with van der Waals surface area (Å²) in [6.45, 7) is 12.3. The van der Waals surface area contributed by atoms with Gasteiger partial charge in [-0.3, -0.25) is 9.59 Å². The summed E-state index contributed by atoms with van der Waals surface area (Å²) in [5.41, 5.74) is -0.652. The second-order valence-corrected chi connectivity index (χ2v) is 12.4. The van der Waals surface area contributed by atoms with Crippen LogP contribution in [0.1, 0.15) is 80.6 Å². The molecular formula is C30H49BrO8. The lowest BCUT2D eigenvalue weighted by molar-refractivity contribution is -0.157. The Hall–Kier alpha value is -1.52. The van der Waals surface area contributed by atoms with Crippen LogP contribution in [0, 0.1) is 17.8 Å². The van der Waals surface area contributed by atoms with Crippen molar-refractivity contribution in [3.63, 3.8) is 0 Å². The summed E-state index contributed by atoms with van der Waals surface area (Å²) in [5, 5.41) is 42.0. The highest BCUT2D eigenvalue weighted by Gasteiger charge is 2.35. The Bertz CT molecular complexity index is 867. The third kappa shape index (κ3) is 12.3. The van der Waals surface area contributed by atoms with Crippen molar-refractivity contribution < 1.29 is 39.5 Å². The summed E-state index contributed by atoms with van der Waals surface area (Å²) in [6, 6.07) is 0. The largest absolute Gasteiger partial charge is 0.457 e. The molecule has 0 radical (unpaired) electrons. The number of ether oxygens (including phenoxy) is 2. The maximum atomic E-state index is 12.6. The Morgan fingerprint density at radius 3 is 2.49 bits per heavy atom. The third-order valence-corrected chi connectivity index (χ3v) is 8.82. The lowest BCUT2D eigenvalue weighted by Gasteiger charge is -2.32. The van der Waals surface area contributed by atoms with Crippen molar-refractivity contribution in [3.8, 4) is 0 Å². The Morgan fingerprint density at radius 1 is 1.26 bits per heavy atom. The first-order valence-electron chi connectivity index (χ1n) is 13.9. The van der Waals surface area contributed by atoms with Gasteiger partial charge in [-0.15, -0.1) is 0 Å². The summed E-state index contributed by atoms with van der Waals surface area (Å²) >= 11 is 3.54. The number of hydrogen-bond donors (Lipinski definition) is 4. The van der Waals surface area contributed by atoms with Gasteiger partial charge in [0.25, 0.3) is 0 Å². The topological polar surface area (TPSA) is 134 Å². The molecule has 0 fully saturated rings. The van der Waals surface area contributed by atoms with Gasteiger partial charge in [-0.1, -0.05) is 67.9 Å². The lowest BCUT2D eigenvalue weighted by Crippen LogP contribution is -2.42. The van der Waals surface area contributed by atoms with Crippen LogP contribution in [0.4, 0.5) is 0 Å². The monoisotopic (exact) mass is 616 g/mol. The summed E-state index contributed by atoms with van der Waals surface area (Å²) in [5.74, 6) is -1.42. The van der Waals surface area contributed by atoms with E-state index in [0.717, 1.165) is 5.57 Å². The molecule has 0 aromatic carbocycles. The van der Waals surface area contributed by atoms with E-state index in [2.05, 4.69) is 15.9 Å². The first kappa shape index (κ1) is 35.5. The van der Waals surface area contributed by atoms with E-state index in [4.69, 9.17) is 9.47 Å². The van der Waals surface area contributed by atoms with Crippen molar-refractivity contribution in [2.75, 3.05) is 0 Å². The molecule has 10 unspecified atom stereocenters. The van der Waals surface area contributed by atoms with Crippen molar-refractivity contribution >= 4 is 27.9 Å². The minimum absolute atomic E-state index is 0.0492. The van der Waals surface area contributed by atoms with Crippen LogP contribution >= 0.6 is 15.9 Å². The molecule has 0 spiro atoms. The standard InChI is InChI=1S/C30H49BrO8/c1-8-24(34)21(5)28(31)25(35)16-18(2)10-9-11-19(3)29-20(4)12-13-26(38-22(6)32)30(7,37)15-14-23(33)17-27(36)39-29/h9-13,18,20-21,23-26,28-29,33-35,37H,8,14-17H2,1-7H3. The molecule has 0 aromatic rings. The first-order chi connectivity index (χ1) is 18.1. The Labute approximate surface area is 242 Å². The Morgan fingerprint density at radius 2 is 1.90 bits per heavy atom. The normalized spacial score (nSPS) is 31.4. The van der Waals surface area contributed by atoms with Crippen molar-refractivity contribution in [2.24, 2.45) is 17.8 Å². The van der Waals surface area contributed by atoms with E-state index >= 15 is 0 Å². The molecule has 4 N–H and O–H groups in total. The average molecular weight is 618 g/mol. The number of halogens is 1. The van der Waals surface area contributed by atoms with Gasteiger partial charge < -0.3 is 29.9 Å². The summed E-state index contributed by atoms with van der Waals surface area (Å²) in [6.07, 6.45) is 6.56. The molecule has 0 saturated carbocycles. The highest BCUT2D eigenvalue weighted by molar-refractivity contribution is 9.09. The van der Waals surface area contributed by atoms with E-state index in [1.807, 2.05) is 52.8 Å². The van der Waals surface area contributed by atoms with Crippen LogP contribution in [0.25, 0.3) is 0 Å². The Kier molecular flexibility index (Phi) is 15.2. The van der Waals surface area contributed by atoms with E-state index < -0.39 is 48.1 Å². The molecule has 39 heavy (non-hydrogen) atoms. The molecule has 8 nitrogen and oxygen atoms in total. The van der Waals surface area contributed by atoms with E-state index in [1.54, 1.807) is 19.1 Å². The highest BCUT2D eigenvalue weighted by Crippen LogP contribution is 2.28. The molecule has 0 saturated heterocycles. The zero-order chi connectivity index (χ0) is 29.9. The van der Waals surface area contributed by atoms with Crippen molar-refractivity contribution in [2.45, 2.75) is 122 Å². The molecule has 10 atom stereocenters. The zero-order valence-corrected chi connectivity index (χ0v) is 26.0. The number of aliphatic hydroxyl groups excluding tert-OH is 3. The van der Waals surface area contributed by atoms with Crippen LogP contribution in [-0.4, -0.2) is 73.3 Å². The van der Waals surface area contributed by atoms with E-state index in [0.29, 0.717) is 12.8 Å². The van der Waals surface area contributed by atoms with Gasteiger partial charge >= 0.3 is 11.9 Å². The minimum Gasteiger partial charge on any atom is -0.457 e. The van der Waals surface area contributed by atoms with Gasteiger partial charge in [-0.05, 0) is 63.0 Å². The van der Waals surface area contributed by atoms with Crippen LogP contribution in [0.2, 0.25) is 0 Å². The van der Waals surface area contributed by atoms with Crippen molar-refractivity contribution in [1.82, 2.24) is 0 Å². The number of carbonyl (C=O) groups is 2. The number of allylic oxidation sites excluding steroid dienone is 3. The highest BCUT2D eigenvalue weighted by atomic mass is 79.9. The molecule has 1 rings (SSSR count). The molecule has 9 heteroatoms. The number of hydrogen-bond acceptors (Lipinski definition) is 8. The van der Waals surface area contributed by atoms with Gasteiger partial charge in [0.1, 0.15) is 17.8 Å². The Balaban J connectivity index is 3.07. The second-order valence-electron chi connectivity index (χ2n) is 11.3. The van der Waals surface area contributed by atoms with Gasteiger partial charge in [-0.25, -0.2) is 0 Å². The maximum absolute atomic E-state index is 12.6. The van der Waals surface area contributed by atoms with Crippen LogP contribution in [0.15, 0.2) is 36.0 Å². The zero-order valence-electron chi connectivity index (χ0n) is 24.4. The molecule has 1 aliphatic heterocycles. The second kappa shape index (κ2) is 16.7. The SMILES string of the molecule is CCC(O)C(C)C(Br)C(O)CC(C)C=CC=C(C)C1OC(=O)CC(O)CCC(C)(O)C(OC(C)=O)C=CC1C. The molecule has 1 heterocycles. The quantitative estimate of drug-likeness (QED) is 0.123. The number of rotatable bonds is 10. The fraction of sp³-hybridized carbons (Fsp3) is 0.733. The number of carbonyl (C=O) groups excluding carboxylic acids is 2. The minimum atomic E-state index is -1.42. The number of alkyl halides is 1. The van der Waals surface area contributed by atoms with E-state index in [1.165, 1.54) is 6.92 Å². The van der Waals surface area contributed by atoms with Crippen LogP contribution in [0.3, 0.4) is 0 Å². The van der Waals surface area contributed by atoms with Crippen LogP contribution < -0.4 is 0 Å². The maximum Gasteiger partial charge on any atom is 0.309 e. The number of cyclic esters (lactones) is 1. The number of aliphatic hydroxyl groups is 4. The molecule has 0 bridgehead atoms. The molecule has 0 aliphatic carbocycles. The molecule has 0 aromatic heterocycles. The lowest BCUT2D eigenvalue weighted by atomic mass is 9.88. The summed E-state index contributed by atoms with van der Waals surface area (Å²) in [4.78, 5) is 24.0.